The quantitative estimate of drug-likeness (QED) is 0.225. The van der Waals surface area contributed by atoms with Gasteiger partial charge in [-0.15, -0.1) is 0 Å². The van der Waals surface area contributed by atoms with Gasteiger partial charge in [-0.1, -0.05) is 60.7 Å². The van der Waals surface area contributed by atoms with Gasteiger partial charge in [-0.25, -0.2) is 0 Å². The minimum Gasteiger partial charge on any atom is -0.347 e. The standard InChI is InChI=1S/C36H30F3N3O2/c1-23-8-3-5-12-30(23)31-16-14-26(18-24(31)2)35(44)42-22-29-15-17-33(41(29)21-27-10-4-6-13-32(27)42)34(43)40-20-25-9-7-11-28(19-25)36(37,38)39/h3-19H,20-22H2,1-2H3,(H,40,43). The highest BCUT2D eigenvalue weighted by atomic mass is 19.4. The molecule has 44 heavy (non-hydrogen) atoms. The topological polar surface area (TPSA) is 54.3 Å². The maximum absolute atomic E-state index is 14.0. The predicted molar refractivity (Wildman–Crippen MR) is 164 cm³/mol. The second-order valence-electron chi connectivity index (χ2n) is 11.0. The van der Waals surface area contributed by atoms with Crippen LogP contribution in [0.3, 0.4) is 0 Å². The van der Waals surface area contributed by atoms with E-state index in [0.29, 0.717) is 23.4 Å². The summed E-state index contributed by atoms with van der Waals surface area (Å²) in [5.74, 6) is -0.560. The average Bonchev–Trinajstić information content (AvgIpc) is 3.32. The molecule has 5 aromatic rings. The van der Waals surface area contributed by atoms with Gasteiger partial charge in [-0.2, -0.15) is 13.2 Å². The summed E-state index contributed by atoms with van der Waals surface area (Å²) >= 11 is 0. The summed E-state index contributed by atoms with van der Waals surface area (Å²) in [6.07, 6.45) is -4.46. The minimum atomic E-state index is -4.46. The molecule has 1 aliphatic heterocycles. The van der Waals surface area contributed by atoms with E-state index in [-0.39, 0.29) is 19.0 Å². The zero-order valence-corrected chi connectivity index (χ0v) is 24.3. The summed E-state index contributed by atoms with van der Waals surface area (Å²) in [6, 6.07) is 29.9. The summed E-state index contributed by atoms with van der Waals surface area (Å²) in [6.45, 7) is 4.62. The first-order valence-corrected chi connectivity index (χ1v) is 14.3. The molecule has 0 unspecified atom stereocenters. The first-order valence-electron chi connectivity index (χ1n) is 14.3. The van der Waals surface area contributed by atoms with Crippen molar-refractivity contribution in [3.63, 3.8) is 0 Å². The van der Waals surface area contributed by atoms with Crippen LogP contribution in [-0.4, -0.2) is 16.4 Å². The lowest BCUT2D eigenvalue weighted by atomic mass is 9.95. The molecule has 1 aromatic heterocycles. The number of benzene rings is 4. The normalized spacial score (nSPS) is 12.7. The van der Waals surface area contributed by atoms with Crippen LogP contribution in [0, 0.1) is 13.8 Å². The number of anilines is 1. The fraction of sp³-hybridized carbons (Fsp3) is 0.167. The van der Waals surface area contributed by atoms with E-state index in [0.717, 1.165) is 51.3 Å². The van der Waals surface area contributed by atoms with Gasteiger partial charge in [-0.05, 0) is 89.7 Å². The van der Waals surface area contributed by atoms with E-state index < -0.39 is 17.6 Å². The number of aromatic nitrogens is 1. The van der Waals surface area contributed by atoms with Crippen molar-refractivity contribution in [1.82, 2.24) is 9.88 Å². The Hall–Kier alpha value is -5.11. The van der Waals surface area contributed by atoms with Crippen LogP contribution in [0.5, 0.6) is 0 Å². The highest BCUT2D eigenvalue weighted by molar-refractivity contribution is 6.07. The van der Waals surface area contributed by atoms with Crippen molar-refractivity contribution in [3.05, 3.63) is 148 Å². The molecular formula is C36H30F3N3O2. The number of nitrogens with zero attached hydrogens (tertiary/aromatic N) is 2. The lowest BCUT2D eigenvalue weighted by Gasteiger charge is -2.23. The Morgan fingerprint density at radius 2 is 1.52 bits per heavy atom. The Bertz CT molecular complexity index is 1890. The van der Waals surface area contributed by atoms with Gasteiger partial charge in [0, 0.05) is 23.5 Å². The largest absolute Gasteiger partial charge is 0.416 e. The highest BCUT2D eigenvalue weighted by Crippen LogP contribution is 2.33. The van der Waals surface area contributed by atoms with Gasteiger partial charge in [0.15, 0.2) is 0 Å². The highest BCUT2D eigenvalue weighted by Gasteiger charge is 2.31. The van der Waals surface area contributed by atoms with Crippen LogP contribution in [-0.2, 0) is 25.8 Å². The van der Waals surface area contributed by atoms with Crippen LogP contribution in [0.2, 0.25) is 0 Å². The molecule has 1 N–H and O–H groups in total. The number of alkyl halides is 3. The van der Waals surface area contributed by atoms with Gasteiger partial charge in [0.2, 0.25) is 0 Å². The first-order chi connectivity index (χ1) is 21.1. The van der Waals surface area contributed by atoms with E-state index in [1.807, 2.05) is 72.2 Å². The molecule has 4 aromatic carbocycles. The Morgan fingerprint density at radius 1 is 0.773 bits per heavy atom. The van der Waals surface area contributed by atoms with Crippen molar-refractivity contribution in [2.75, 3.05) is 4.90 Å². The van der Waals surface area contributed by atoms with E-state index in [2.05, 4.69) is 24.4 Å². The molecule has 1 aliphatic rings. The van der Waals surface area contributed by atoms with E-state index in [1.54, 1.807) is 17.0 Å². The lowest BCUT2D eigenvalue weighted by molar-refractivity contribution is -0.137. The van der Waals surface area contributed by atoms with Gasteiger partial charge in [0.1, 0.15) is 5.69 Å². The number of rotatable bonds is 5. The second-order valence-corrected chi connectivity index (χ2v) is 11.0. The number of carbonyl (C=O) groups is 2. The maximum Gasteiger partial charge on any atom is 0.416 e. The number of hydrogen-bond acceptors (Lipinski definition) is 2. The molecule has 6 rings (SSSR count). The molecule has 0 fully saturated rings. The molecule has 0 atom stereocenters. The number of hydrogen-bond donors (Lipinski definition) is 1. The van der Waals surface area contributed by atoms with Crippen LogP contribution in [0.15, 0.2) is 103 Å². The molecule has 0 spiro atoms. The van der Waals surface area contributed by atoms with Gasteiger partial charge in [-0.3, -0.25) is 9.59 Å². The third-order valence-electron chi connectivity index (χ3n) is 8.10. The molecule has 2 amide bonds. The average molecular weight is 594 g/mol. The number of carbonyl (C=O) groups excluding carboxylic acids is 2. The molecule has 0 bridgehead atoms. The van der Waals surface area contributed by atoms with Crippen molar-refractivity contribution >= 4 is 17.5 Å². The van der Waals surface area contributed by atoms with Crippen LogP contribution >= 0.6 is 0 Å². The summed E-state index contributed by atoms with van der Waals surface area (Å²) < 4.78 is 41.3. The molecular weight excluding hydrogens is 563 g/mol. The molecule has 5 nitrogen and oxygen atoms in total. The van der Waals surface area contributed by atoms with Crippen molar-refractivity contribution in [2.24, 2.45) is 0 Å². The maximum atomic E-state index is 14.0. The smallest absolute Gasteiger partial charge is 0.347 e. The monoisotopic (exact) mass is 593 g/mol. The molecule has 2 heterocycles. The van der Waals surface area contributed by atoms with Gasteiger partial charge >= 0.3 is 6.18 Å². The number of para-hydroxylation sites is 1. The molecule has 222 valence electrons. The van der Waals surface area contributed by atoms with E-state index in [4.69, 9.17) is 0 Å². The van der Waals surface area contributed by atoms with Crippen LogP contribution in [0.4, 0.5) is 18.9 Å². The fourth-order valence-electron chi connectivity index (χ4n) is 5.80. The molecule has 0 aliphatic carbocycles. The number of nitrogens with one attached hydrogen (secondary N) is 1. The third-order valence-corrected chi connectivity index (χ3v) is 8.10. The lowest BCUT2D eigenvalue weighted by Crippen LogP contribution is -2.30. The van der Waals surface area contributed by atoms with Crippen molar-refractivity contribution in [1.29, 1.82) is 0 Å². The van der Waals surface area contributed by atoms with E-state index in [9.17, 15) is 22.8 Å². The Labute approximate surface area is 253 Å². The predicted octanol–water partition coefficient (Wildman–Crippen LogP) is 7.93. The minimum absolute atomic E-state index is 0.0533. The number of aryl methyl sites for hydroxylation is 2. The third kappa shape index (κ3) is 5.63. The van der Waals surface area contributed by atoms with Crippen LogP contribution in [0.1, 0.15) is 54.4 Å². The number of halogens is 3. The summed E-state index contributed by atoms with van der Waals surface area (Å²) in [7, 11) is 0. The van der Waals surface area contributed by atoms with Gasteiger partial charge in [0.05, 0.1) is 18.7 Å². The number of fused-ring (bicyclic) bond motifs is 2. The zero-order valence-electron chi connectivity index (χ0n) is 24.3. The Kier molecular flexibility index (Phi) is 7.59. The van der Waals surface area contributed by atoms with Gasteiger partial charge < -0.3 is 14.8 Å². The van der Waals surface area contributed by atoms with Crippen molar-refractivity contribution in [3.8, 4) is 11.1 Å². The summed E-state index contributed by atoms with van der Waals surface area (Å²) in [5, 5.41) is 2.76. The first kappa shape index (κ1) is 29.0. The van der Waals surface area contributed by atoms with E-state index >= 15 is 0 Å². The molecule has 0 saturated carbocycles. The van der Waals surface area contributed by atoms with Crippen molar-refractivity contribution in [2.45, 2.75) is 39.7 Å². The second kappa shape index (κ2) is 11.5. The molecule has 0 radical (unpaired) electrons. The Balaban J connectivity index is 1.27. The SMILES string of the molecule is Cc1ccccc1-c1ccc(C(=O)N2Cc3ccc(C(=O)NCc4cccc(C(F)(F)F)c4)n3Cc3ccccc32)cc1C. The fourth-order valence-corrected chi connectivity index (χ4v) is 5.80. The zero-order chi connectivity index (χ0) is 31.0. The van der Waals surface area contributed by atoms with E-state index in [1.165, 1.54) is 6.07 Å². The van der Waals surface area contributed by atoms with Crippen LogP contribution < -0.4 is 10.2 Å². The van der Waals surface area contributed by atoms with Crippen LogP contribution in [0.25, 0.3) is 11.1 Å². The van der Waals surface area contributed by atoms with Gasteiger partial charge in [0.25, 0.3) is 11.8 Å². The van der Waals surface area contributed by atoms with Crippen molar-refractivity contribution < 1.29 is 22.8 Å². The summed E-state index contributed by atoms with van der Waals surface area (Å²) in [4.78, 5) is 29.1. The Morgan fingerprint density at radius 3 is 2.30 bits per heavy atom. The molecule has 0 saturated heterocycles. The summed E-state index contributed by atoms with van der Waals surface area (Å²) in [5.41, 5.74) is 7.28. The number of amides is 2. The molecule has 8 heteroatoms.